The molecule has 21 heavy (non-hydrogen) atoms. The number of nitrogens with two attached hydrogens (primary N) is 1. The van der Waals surface area contributed by atoms with Crippen molar-refractivity contribution in [2.45, 2.75) is 0 Å². The van der Waals surface area contributed by atoms with Crippen molar-refractivity contribution in [2.24, 2.45) is 0 Å². The lowest BCUT2D eigenvalue weighted by atomic mass is 10.1. The molecule has 0 bridgehead atoms. The topological polar surface area (TPSA) is 61.8 Å². The van der Waals surface area contributed by atoms with Gasteiger partial charge in [0.1, 0.15) is 23.0 Å². The predicted octanol–water partition coefficient (Wildman–Crippen LogP) is 3.25. The highest BCUT2D eigenvalue weighted by Gasteiger charge is 2.17. The fourth-order valence-electron chi connectivity index (χ4n) is 2.25. The number of pyridine rings is 1. The van der Waals surface area contributed by atoms with E-state index in [9.17, 15) is 0 Å². The van der Waals surface area contributed by atoms with E-state index in [1.165, 1.54) is 0 Å². The molecule has 108 valence electrons. The van der Waals surface area contributed by atoms with Gasteiger partial charge in [0.25, 0.3) is 0 Å². The van der Waals surface area contributed by atoms with Gasteiger partial charge in [-0.1, -0.05) is 11.6 Å². The first-order chi connectivity index (χ1) is 10.2. The Balaban J connectivity index is 2.25. The van der Waals surface area contributed by atoms with Crippen molar-refractivity contribution in [1.82, 2.24) is 9.38 Å². The van der Waals surface area contributed by atoms with Gasteiger partial charge in [0.05, 0.1) is 19.2 Å². The van der Waals surface area contributed by atoms with Gasteiger partial charge in [-0.3, -0.25) is 4.40 Å². The van der Waals surface area contributed by atoms with Crippen LogP contribution in [0.1, 0.15) is 0 Å². The van der Waals surface area contributed by atoms with Crippen LogP contribution in [0.15, 0.2) is 36.5 Å². The van der Waals surface area contributed by atoms with E-state index in [-0.39, 0.29) is 0 Å². The average Bonchev–Trinajstić information content (AvgIpc) is 2.85. The monoisotopic (exact) mass is 303 g/mol. The summed E-state index contributed by atoms with van der Waals surface area (Å²) < 4.78 is 12.4. The van der Waals surface area contributed by atoms with Crippen molar-refractivity contribution in [3.05, 3.63) is 41.6 Å². The van der Waals surface area contributed by atoms with Crippen molar-refractivity contribution in [2.75, 3.05) is 20.0 Å². The first-order valence-electron chi connectivity index (χ1n) is 6.30. The molecule has 0 aliphatic rings. The molecule has 0 unspecified atom stereocenters. The zero-order valence-corrected chi connectivity index (χ0v) is 12.4. The van der Waals surface area contributed by atoms with Crippen LogP contribution in [0.25, 0.3) is 16.9 Å². The zero-order valence-electron chi connectivity index (χ0n) is 11.6. The number of methoxy groups -OCH3 is 2. The van der Waals surface area contributed by atoms with Crippen molar-refractivity contribution in [3.8, 4) is 22.8 Å². The largest absolute Gasteiger partial charge is 0.497 e. The molecule has 5 nitrogen and oxygen atoms in total. The Bertz CT molecular complexity index is 814. The molecule has 3 aromatic rings. The molecule has 2 heterocycles. The van der Waals surface area contributed by atoms with Gasteiger partial charge in [0, 0.05) is 17.8 Å². The molecule has 2 N–H and O–H groups in total. The van der Waals surface area contributed by atoms with Gasteiger partial charge < -0.3 is 15.2 Å². The second-order valence-electron chi connectivity index (χ2n) is 4.46. The van der Waals surface area contributed by atoms with E-state index in [1.807, 2.05) is 24.4 Å². The number of hydrogen-bond donors (Lipinski definition) is 1. The SMILES string of the molecule is COc1ccc(-c2nc3c(Cl)cccn3c2N)c(OC)c1. The standard InChI is InChI=1S/C15H14ClN3O2/c1-20-9-5-6-10(12(8-9)21-2)13-14(17)19-7-3-4-11(16)15(19)18-13/h3-8H,17H2,1-2H3. The minimum atomic E-state index is 0.510. The van der Waals surface area contributed by atoms with Crippen LogP contribution in [-0.4, -0.2) is 23.6 Å². The summed E-state index contributed by atoms with van der Waals surface area (Å²) in [6.07, 6.45) is 1.82. The van der Waals surface area contributed by atoms with Crippen molar-refractivity contribution in [1.29, 1.82) is 0 Å². The van der Waals surface area contributed by atoms with Gasteiger partial charge >= 0.3 is 0 Å². The fraction of sp³-hybridized carbons (Fsp3) is 0.133. The van der Waals surface area contributed by atoms with Crippen LogP contribution >= 0.6 is 11.6 Å². The minimum Gasteiger partial charge on any atom is -0.497 e. The van der Waals surface area contributed by atoms with E-state index in [1.54, 1.807) is 30.8 Å². The molecular weight excluding hydrogens is 290 g/mol. The Morgan fingerprint density at radius 1 is 1.19 bits per heavy atom. The van der Waals surface area contributed by atoms with Crippen molar-refractivity contribution < 1.29 is 9.47 Å². The number of aromatic nitrogens is 2. The lowest BCUT2D eigenvalue weighted by Gasteiger charge is -2.09. The Hall–Kier alpha value is -2.40. The van der Waals surface area contributed by atoms with Crippen LogP contribution in [0, 0.1) is 0 Å². The molecule has 1 aromatic carbocycles. The Kier molecular flexibility index (Phi) is 3.35. The summed E-state index contributed by atoms with van der Waals surface area (Å²) in [6, 6.07) is 9.09. The molecular formula is C15H14ClN3O2. The first kappa shape index (κ1) is 13.6. The second-order valence-corrected chi connectivity index (χ2v) is 4.87. The number of hydrogen-bond acceptors (Lipinski definition) is 4. The quantitative estimate of drug-likeness (QED) is 0.807. The molecule has 0 fully saturated rings. The normalized spacial score (nSPS) is 10.8. The van der Waals surface area contributed by atoms with Crippen LogP contribution in [-0.2, 0) is 0 Å². The Morgan fingerprint density at radius 3 is 2.67 bits per heavy atom. The number of imidazole rings is 1. The summed E-state index contributed by atoms with van der Waals surface area (Å²) in [4.78, 5) is 4.53. The van der Waals surface area contributed by atoms with E-state index in [4.69, 9.17) is 26.8 Å². The molecule has 0 atom stereocenters. The molecule has 3 rings (SSSR count). The molecule has 0 saturated heterocycles. The molecule has 0 spiro atoms. The third kappa shape index (κ3) is 2.15. The number of ether oxygens (including phenoxy) is 2. The third-order valence-corrected chi connectivity index (χ3v) is 3.60. The van der Waals surface area contributed by atoms with Crippen molar-refractivity contribution >= 4 is 23.1 Å². The first-order valence-corrected chi connectivity index (χ1v) is 6.68. The number of halogens is 1. The van der Waals surface area contributed by atoms with E-state index in [2.05, 4.69) is 4.98 Å². The number of fused-ring (bicyclic) bond motifs is 1. The van der Waals surface area contributed by atoms with Gasteiger partial charge in [-0.05, 0) is 24.3 Å². The lowest BCUT2D eigenvalue weighted by molar-refractivity contribution is 0.395. The molecule has 2 aromatic heterocycles. The van der Waals surface area contributed by atoms with Crippen LogP contribution in [0.3, 0.4) is 0 Å². The molecule has 0 aliphatic heterocycles. The maximum atomic E-state index is 6.19. The van der Waals surface area contributed by atoms with Crippen LogP contribution in [0.4, 0.5) is 5.82 Å². The fourth-order valence-corrected chi connectivity index (χ4v) is 2.45. The summed E-state index contributed by atoms with van der Waals surface area (Å²) in [7, 11) is 3.20. The molecule has 0 amide bonds. The molecule has 0 radical (unpaired) electrons. The van der Waals surface area contributed by atoms with Crippen LogP contribution in [0.2, 0.25) is 5.02 Å². The van der Waals surface area contributed by atoms with E-state index in [0.717, 1.165) is 5.56 Å². The predicted molar refractivity (Wildman–Crippen MR) is 83.2 cm³/mol. The highest BCUT2D eigenvalue weighted by Crippen LogP contribution is 2.36. The zero-order chi connectivity index (χ0) is 15.0. The van der Waals surface area contributed by atoms with Crippen LogP contribution < -0.4 is 15.2 Å². The smallest absolute Gasteiger partial charge is 0.157 e. The van der Waals surface area contributed by atoms with E-state index < -0.39 is 0 Å². The minimum absolute atomic E-state index is 0.510. The summed E-state index contributed by atoms with van der Waals surface area (Å²) >= 11 is 6.16. The number of rotatable bonds is 3. The van der Waals surface area contributed by atoms with E-state index >= 15 is 0 Å². The summed E-state index contributed by atoms with van der Waals surface area (Å²) in [5.41, 5.74) is 8.22. The average molecular weight is 304 g/mol. The van der Waals surface area contributed by atoms with Gasteiger partial charge in [-0.2, -0.15) is 0 Å². The Labute approximate surface area is 126 Å². The lowest BCUT2D eigenvalue weighted by Crippen LogP contribution is -1.95. The van der Waals surface area contributed by atoms with Gasteiger partial charge in [0.15, 0.2) is 5.65 Å². The summed E-state index contributed by atoms with van der Waals surface area (Å²) in [5.74, 6) is 1.85. The maximum Gasteiger partial charge on any atom is 0.157 e. The molecule has 0 saturated carbocycles. The number of nitrogens with zero attached hydrogens (tertiary/aromatic N) is 2. The van der Waals surface area contributed by atoms with Gasteiger partial charge in [-0.15, -0.1) is 0 Å². The molecule has 6 heteroatoms. The second kappa shape index (κ2) is 5.18. The summed E-state index contributed by atoms with van der Waals surface area (Å²) in [5, 5.41) is 0.544. The maximum absolute atomic E-state index is 6.19. The number of nitrogen functional groups attached to an aromatic ring is 1. The third-order valence-electron chi connectivity index (χ3n) is 3.30. The van der Waals surface area contributed by atoms with Crippen molar-refractivity contribution in [3.63, 3.8) is 0 Å². The highest BCUT2D eigenvalue weighted by molar-refractivity contribution is 6.33. The molecule has 0 aliphatic carbocycles. The van der Waals surface area contributed by atoms with Gasteiger partial charge in [-0.25, -0.2) is 4.98 Å². The van der Waals surface area contributed by atoms with E-state index in [0.29, 0.717) is 33.7 Å². The number of anilines is 1. The number of benzene rings is 1. The summed E-state index contributed by atoms with van der Waals surface area (Å²) in [6.45, 7) is 0. The highest BCUT2D eigenvalue weighted by atomic mass is 35.5. The van der Waals surface area contributed by atoms with Crippen LogP contribution in [0.5, 0.6) is 11.5 Å². The Morgan fingerprint density at radius 2 is 2.00 bits per heavy atom. The van der Waals surface area contributed by atoms with Gasteiger partial charge in [0.2, 0.25) is 0 Å².